The lowest BCUT2D eigenvalue weighted by atomic mass is 9.79. The Morgan fingerprint density at radius 2 is 2.44 bits per heavy atom. The molecule has 0 amide bonds. The molecule has 3 rings (SSSR count). The zero-order chi connectivity index (χ0) is 11.0. The first-order valence-electron chi connectivity index (χ1n) is 6.19. The average Bonchev–Trinajstić information content (AvgIpc) is 2.75. The molecule has 0 aromatic carbocycles. The third kappa shape index (κ3) is 1.80. The molecule has 1 aromatic rings. The summed E-state index contributed by atoms with van der Waals surface area (Å²) in [7, 11) is 0. The normalized spacial score (nSPS) is 29.7. The summed E-state index contributed by atoms with van der Waals surface area (Å²) < 4.78 is 5.34. The lowest BCUT2D eigenvalue weighted by molar-refractivity contribution is 0.275. The first-order chi connectivity index (χ1) is 7.83. The number of rotatable bonds is 1. The van der Waals surface area contributed by atoms with Gasteiger partial charge in [-0.05, 0) is 50.6 Å². The van der Waals surface area contributed by atoms with E-state index in [2.05, 4.69) is 16.5 Å². The molecule has 0 bridgehead atoms. The van der Waals surface area contributed by atoms with Crippen LogP contribution in [0.2, 0.25) is 0 Å². The fourth-order valence-corrected chi connectivity index (χ4v) is 2.87. The molecule has 1 fully saturated rings. The van der Waals surface area contributed by atoms with Crippen molar-refractivity contribution in [3.63, 3.8) is 0 Å². The number of nitrogens with zero attached hydrogens (tertiary/aromatic N) is 1. The van der Waals surface area contributed by atoms with E-state index in [4.69, 9.17) is 4.52 Å². The van der Waals surface area contributed by atoms with E-state index < -0.39 is 0 Å². The van der Waals surface area contributed by atoms with Gasteiger partial charge in [0.1, 0.15) is 0 Å². The molecule has 3 nitrogen and oxygen atoms in total. The largest absolute Gasteiger partial charge is 0.356 e. The Morgan fingerprint density at radius 1 is 1.50 bits per heavy atom. The minimum atomic E-state index is 0.652. The van der Waals surface area contributed by atoms with Crippen molar-refractivity contribution in [1.29, 1.82) is 0 Å². The first-order valence-corrected chi connectivity index (χ1v) is 6.19. The van der Waals surface area contributed by atoms with Gasteiger partial charge in [0, 0.05) is 12.1 Å². The number of hydrogen-bond donors (Lipinski definition) is 1. The van der Waals surface area contributed by atoms with Crippen molar-refractivity contribution < 1.29 is 4.52 Å². The molecule has 2 heterocycles. The Balaban J connectivity index is 1.80. The van der Waals surface area contributed by atoms with Gasteiger partial charge >= 0.3 is 0 Å². The highest BCUT2D eigenvalue weighted by Gasteiger charge is 2.29. The molecule has 1 aliphatic carbocycles. The van der Waals surface area contributed by atoms with Crippen molar-refractivity contribution in [2.24, 2.45) is 5.92 Å². The van der Waals surface area contributed by atoms with Gasteiger partial charge in [-0.2, -0.15) is 0 Å². The van der Waals surface area contributed by atoms with Gasteiger partial charge in [-0.25, -0.2) is 0 Å². The van der Waals surface area contributed by atoms with E-state index in [9.17, 15) is 0 Å². The van der Waals surface area contributed by atoms with Crippen molar-refractivity contribution >= 4 is 5.57 Å². The number of aryl methyl sites for hydroxylation is 1. The average molecular weight is 218 g/mol. The summed E-state index contributed by atoms with van der Waals surface area (Å²) in [5.74, 6) is 1.80. The van der Waals surface area contributed by atoms with Crippen LogP contribution in [0.3, 0.4) is 0 Å². The minimum absolute atomic E-state index is 0.652. The summed E-state index contributed by atoms with van der Waals surface area (Å²) in [4.78, 5) is 0. The zero-order valence-electron chi connectivity index (χ0n) is 9.70. The highest BCUT2D eigenvalue weighted by Crippen LogP contribution is 2.34. The second-order valence-electron chi connectivity index (χ2n) is 4.96. The molecule has 0 radical (unpaired) electrons. The standard InChI is InChI=1S/C13H18N2O/c1-9-7-13(16-15-9)11-5-4-10-3-2-6-14-12(10)8-11/h5,7,10,12,14H,2-4,6,8H2,1H3/t10-,12+/m1/s1. The molecule has 3 heteroatoms. The number of piperidine rings is 1. The van der Waals surface area contributed by atoms with Crippen molar-refractivity contribution in [3.8, 4) is 0 Å². The predicted octanol–water partition coefficient (Wildman–Crippen LogP) is 2.53. The van der Waals surface area contributed by atoms with E-state index in [1.165, 1.54) is 31.4 Å². The van der Waals surface area contributed by atoms with E-state index in [0.29, 0.717) is 6.04 Å². The van der Waals surface area contributed by atoms with E-state index in [1.807, 2.05) is 13.0 Å². The topological polar surface area (TPSA) is 38.1 Å². The molecule has 2 aliphatic rings. The Morgan fingerprint density at radius 3 is 3.25 bits per heavy atom. The number of nitrogens with one attached hydrogen (secondary N) is 1. The molecule has 16 heavy (non-hydrogen) atoms. The third-order valence-electron chi connectivity index (χ3n) is 3.78. The van der Waals surface area contributed by atoms with Crippen LogP contribution in [0.1, 0.15) is 37.1 Å². The monoisotopic (exact) mass is 218 g/mol. The molecule has 1 aromatic heterocycles. The fourth-order valence-electron chi connectivity index (χ4n) is 2.87. The van der Waals surface area contributed by atoms with E-state index in [-0.39, 0.29) is 0 Å². The molecule has 86 valence electrons. The van der Waals surface area contributed by atoms with Crippen LogP contribution in [0.4, 0.5) is 0 Å². The number of fused-ring (bicyclic) bond motifs is 1. The van der Waals surface area contributed by atoms with Gasteiger partial charge in [0.2, 0.25) is 0 Å². The second-order valence-corrected chi connectivity index (χ2v) is 4.96. The maximum atomic E-state index is 5.34. The van der Waals surface area contributed by atoms with Gasteiger partial charge < -0.3 is 9.84 Å². The Kier molecular flexibility index (Phi) is 2.56. The molecule has 1 N–H and O–H groups in total. The van der Waals surface area contributed by atoms with Crippen LogP contribution in [-0.4, -0.2) is 17.7 Å². The van der Waals surface area contributed by atoms with Crippen LogP contribution in [0.25, 0.3) is 5.57 Å². The first kappa shape index (κ1) is 10.1. The zero-order valence-corrected chi connectivity index (χ0v) is 9.70. The quantitative estimate of drug-likeness (QED) is 0.787. The number of allylic oxidation sites excluding steroid dienone is 1. The molecular formula is C13H18N2O. The number of hydrogen-bond acceptors (Lipinski definition) is 3. The molecule has 1 aliphatic heterocycles. The summed E-state index contributed by atoms with van der Waals surface area (Å²) in [6.07, 6.45) is 7.32. The van der Waals surface area contributed by atoms with Crippen LogP contribution >= 0.6 is 0 Å². The van der Waals surface area contributed by atoms with Crippen LogP contribution in [0, 0.1) is 12.8 Å². The number of aromatic nitrogens is 1. The Bertz CT molecular complexity index is 408. The lowest BCUT2D eigenvalue weighted by Gasteiger charge is -2.35. The molecule has 0 spiro atoms. The van der Waals surface area contributed by atoms with Crippen molar-refractivity contribution in [3.05, 3.63) is 23.6 Å². The maximum Gasteiger partial charge on any atom is 0.162 e. The Hall–Kier alpha value is -1.09. The van der Waals surface area contributed by atoms with Crippen LogP contribution in [0.15, 0.2) is 16.7 Å². The van der Waals surface area contributed by atoms with Crippen LogP contribution in [-0.2, 0) is 0 Å². The predicted molar refractivity (Wildman–Crippen MR) is 63.0 cm³/mol. The summed E-state index contributed by atoms with van der Waals surface area (Å²) in [6, 6.07) is 2.69. The van der Waals surface area contributed by atoms with Gasteiger partial charge in [0.15, 0.2) is 5.76 Å². The third-order valence-corrected chi connectivity index (χ3v) is 3.78. The van der Waals surface area contributed by atoms with E-state index >= 15 is 0 Å². The maximum absolute atomic E-state index is 5.34. The van der Waals surface area contributed by atoms with Gasteiger partial charge in [-0.3, -0.25) is 0 Å². The molecule has 0 unspecified atom stereocenters. The van der Waals surface area contributed by atoms with Gasteiger partial charge in [-0.1, -0.05) is 11.2 Å². The summed E-state index contributed by atoms with van der Waals surface area (Å²) in [5, 5.41) is 7.58. The molecule has 1 saturated heterocycles. The highest BCUT2D eigenvalue weighted by atomic mass is 16.5. The molecule has 2 atom stereocenters. The fraction of sp³-hybridized carbons (Fsp3) is 0.615. The SMILES string of the molecule is Cc1cc(C2=CC[C@H]3CCCN[C@H]3C2)on1. The van der Waals surface area contributed by atoms with Crippen molar-refractivity contribution in [1.82, 2.24) is 10.5 Å². The van der Waals surface area contributed by atoms with Crippen molar-refractivity contribution in [2.45, 2.75) is 38.6 Å². The van der Waals surface area contributed by atoms with Gasteiger partial charge in [-0.15, -0.1) is 0 Å². The van der Waals surface area contributed by atoms with Crippen molar-refractivity contribution in [2.75, 3.05) is 6.54 Å². The highest BCUT2D eigenvalue weighted by molar-refractivity contribution is 5.63. The summed E-state index contributed by atoms with van der Waals surface area (Å²) in [6.45, 7) is 3.14. The van der Waals surface area contributed by atoms with Crippen LogP contribution < -0.4 is 5.32 Å². The second kappa shape index (κ2) is 4.06. The smallest absolute Gasteiger partial charge is 0.162 e. The van der Waals surface area contributed by atoms with Gasteiger partial charge in [0.05, 0.1) is 5.69 Å². The van der Waals surface area contributed by atoms with E-state index in [1.54, 1.807) is 0 Å². The molecular weight excluding hydrogens is 200 g/mol. The lowest BCUT2D eigenvalue weighted by Crippen LogP contribution is -2.42. The molecule has 0 saturated carbocycles. The van der Waals surface area contributed by atoms with Gasteiger partial charge in [0.25, 0.3) is 0 Å². The Labute approximate surface area is 95.9 Å². The summed E-state index contributed by atoms with van der Waals surface area (Å²) in [5.41, 5.74) is 2.30. The van der Waals surface area contributed by atoms with E-state index in [0.717, 1.165) is 23.8 Å². The van der Waals surface area contributed by atoms with Crippen LogP contribution in [0.5, 0.6) is 0 Å². The summed E-state index contributed by atoms with van der Waals surface area (Å²) >= 11 is 0. The minimum Gasteiger partial charge on any atom is -0.356 e.